The lowest BCUT2D eigenvalue weighted by molar-refractivity contribution is -0.125. The Labute approximate surface area is 144 Å². The number of rotatable bonds is 1. The molecule has 1 unspecified atom stereocenters. The molecule has 0 aromatic rings. The van der Waals surface area contributed by atoms with Crippen molar-refractivity contribution in [2.45, 2.75) is 64.6 Å². The van der Waals surface area contributed by atoms with E-state index in [0.717, 1.165) is 38.7 Å². The molecular weight excluding hydrogens is 300 g/mol. The molecule has 2 saturated carbocycles. The van der Waals surface area contributed by atoms with Crippen molar-refractivity contribution in [1.82, 2.24) is 0 Å². The molecule has 0 aromatic heterocycles. The van der Waals surface area contributed by atoms with Gasteiger partial charge >= 0.3 is 0 Å². The van der Waals surface area contributed by atoms with Gasteiger partial charge in [-0.05, 0) is 72.3 Å². The second kappa shape index (κ2) is 4.82. The van der Waals surface area contributed by atoms with E-state index in [4.69, 9.17) is 4.74 Å². The van der Waals surface area contributed by atoms with Crippen LogP contribution in [0.3, 0.4) is 0 Å². The van der Waals surface area contributed by atoms with Crippen LogP contribution in [0.2, 0.25) is 0 Å². The Balaban J connectivity index is 1.52. The summed E-state index contributed by atoms with van der Waals surface area (Å²) in [5, 5.41) is 11.2. The van der Waals surface area contributed by atoms with E-state index in [-0.39, 0.29) is 22.7 Å². The van der Waals surface area contributed by atoms with Crippen molar-refractivity contribution in [2.75, 3.05) is 6.61 Å². The molecule has 0 amide bonds. The molecule has 4 aliphatic carbocycles. The van der Waals surface area contributed by atoms with Crippen LogP contribution in [0.15, 0.2) is 23.3 Å². The van der Waals surface area contributed by atoms with Gasteiger partial charge in [-0.3, -0.25) is 4.79 Å². The molecule has 5 aliphatic rings. The molecule has 24 heavy (non-hydrogen) atoms. The lowest BCUT2D eigenvalue weighted by Crippen LogP contribution is -2.56. The summed E-state index contributed by atoms with van der Waals surface area (Å²) < 4.78 is 5.60. The van der Waals surface area contributed by atoms with Gasteiger partial charge in [-0.15, -0.1) is 0 Å². The standard InChI is InChI=1S/C21H28O3/c1-20-8-7-13(22)9-12(20)3-4-14-15-5-6-16(18-11-24-18)21(15,2)10-17(23)19(14)20/h6,9,14-15,17-19,23H,3-5,7-8,10-11H2,1-2H3/t14-,15-,17-,18?,19+,20-,21-/m0/s1. The van der Waals surface area contributed by atoms with Crippen LogP contribution in [0.5, 0.6) is 0 Å². The van der Waals surface area contributed by atoms with Gasteiger partial charge in [0.15, 0.2) is 5.78 Å². The van der Waals surface area contributed by atoms with Crippen molar-refractivity contribution in [3.8, 4) is 0 Å². The largest absolute Gasteiger partial charge is 0.393 e. The Morgan fingerprint density at radius 2 is 2.04 bits per heavy atom. The van der Waals surface area contributed by atoms with Crippen molar-refractivity contribution in [3.05, 3.63) is 23.3 Å². The Kier molecular flexibility index (Phi) is 3.08. The summed E-state index contributed by atoms with van der Waals surface area (Å²) >= 11 is 0. The first-order valence-corrected chi connectivity index (χ1v) is 9.67. The monoisotopic (exact) mass is 328 g/mol. The normalized spacial score (nSPS) is 52.8. The van der Waals surface area contributed by atoms with Gasteiger partial charge in [0.05, 0.1) is 12.7 Å². The SMILES string of the molecule is C[C@]12CCC(=O)C=C1CC[C@@H]1[C@@H]2[C@@H](O)C[C@]2(C)C(C3CO3)=CC[C@@H]12. The van der Waals surface area contributed by atoms with Crippen molar-refractivity contribution >= 4 is 5.78 Å². The zero-order valence-electron chi connectivity index (χ0n) is 14.8. The highest BCUT2D eigenvalue weighted by molar-refractivity contribution is 5.91. The first-order valence-electron chi connectivity index (χ1n) is 9.67. The molecule has 5 rings (SSSR count). The molecule has 0 aromatic carbocycles. The molecule has 1 N–H and O–H groups in total. The topological polar surface area (TPSA) is 49.8 Å². The van der Waals surface area contributed by atoms with Crippen LogP contribution in [0.1, 0.15) is 52.4 Å². The highest BCUT2D eigenvalue weighted by atomic mass is 16.6. The molecule has 3 nitrogen and oxygen atoms in total. The highest BCUT2D eigenvalue weighted by Crippen LogP contribution is 2.66. The number of ketones is 1. The zero-order valence-corrected chi connectivity index (χ0v) is 14.8. The maximum atomic E-state index is 11.9. The first kappa shape index (κ1) is 15.3. The quantitative estimate of drug-likeness (QED) is 0.593. The number of fused-ring (bicyclic) bond motifs is 5. The average molecular weight is 328 g/mol. The third kappa shape index (κ3) is 1.89. The fourth-order valence-electron chi connectivity index (χ4n) is 7.01. The minimum Gasteiger partial charge on any atom is -0.393 e. The molecule has 3 fully saturated rings. The fourth-order valence-corrected chi connectivity index (χ4v) is 7.01. The van der Waals surface area contributed by atoms with E-state index < -0.39 is 0 Å². The Morgan fingerprint density at radius 1 is 1.25 bits per heavy atom. The third-order valence-electron chi connectivity index (χ3n) is 8.22. The van der Waals surface area contributed by atoms with E-state index >= 15 is 0 Å². The Morgan fingerprint density at radius 3 is 2.79 bits per heavy atom. The van der Waals surface area contributed by atoms with Crippen LogP contribution in [0.25, 0.3) is 0 Å². The molecule has 1 saturated heterocycles. The number of hydrogen-bond donors (Lipinski definition) is 1. The lowest BCUT2D eigenvalue weighted by Gasteiger charge is -2.59. The summed E-state index contributed by atoms with van der Waals surface area (Å²) in [6.45, 7) is 5.56. The summed E-state index contributed by atoms with van der Waals surface area (Å²) in [4.78, 5) is 11.9. The zero-order chi connectivity index (χ0) is 16.7. The molecule has 3 heteroatoms. The van der Waals surface area contributed by atoms with E-state index in [0.29, 0.717) is 30.3 Å². The third-order valence-corrected chi connectivity index (χ3v) is 8.22. The van der Waals surface area contributed by atoms with Crippen molar-refractivity contribution in [3.63, 3.8) is 0 Å². The van der Waals surface area contributed by atoms with Crippen LogP contribution >= 0.6 is 0 Å². The Hall–Kier alpha value is -0.930. The van der Waals surface area contributed by atoms with Crippen molar-refractivity contribution < 1.29 is 14.6 Å². The number of aliphatic hydroxyl groups is 1. The smallest absolute Gasteiger partial charge is 0.155 e. The summed E-state index contributed by atoms with van der Waals surface area (Å²) in [6, 6.07) is 0. The molecule has 1 aliphatic heterocycles. The molecule has 0 bridgehead atoms. The Bertz CT molecular complexity index is 658. The van der Waals surface area contributed by atoms with Gasteiger partial charge in [0.25, 0.3) is 0 Å². The number of epoxide rings is 1. The van der Waals surface area contributed by atoms with Crippen LogP contribution in [0, 0.1) is 28.6 Å². The summed E-state index contributed by atoms with van der Waals surface area (Å²) in [5.41, 5.74) is 2.93. The minimum atomic E-state index is -0.265. The molecule has 7 atom stereocenters. The van der Waals surface area contributed by atoms with Crippen LogP contribution < -0.4 is 0 Å². The number of ether oxygens (including phenoxy) is 1. The second-order valence-corrected chi connectivity index (χ2v) is 9.29. The van der Waals surface area contributed by atoms with E-state index in [2.05, 4.69) is 19.9 Å². The second-order valence-electron chi connectivity index (χ2n) is 9.29. The number of aliphatic hydroxyl groups excluding tert-OH is 1. The maximum absolute atomic E-state index is 11.9. The molecular formula is C21H28O3. The van der Waals surface area contributed by atoms with Gasteiger partial charge in [-0.2, -0.15) is 0 Å². The number of carbonyl (C=O) groups excluding carboxylic acids is 1. The van der Waals surface area contributed by atoms with Gasteiger partial charge in [0.2, 0.25) is 0 Å². The summed E-state index contributed by atoms with van der Waals surface area (Å²) in [5.74, 6) is 1.81. The minimum absolute atomic E-state index is 0.0242. The molecule has 0 spiro atoms. The van der Waals surface area contributed by atoms with E-state index in [1.54, 1.807) is 0 Å². The van der Waals surface area contributed by atoms with Crippen LogP contribution in [-0.4, -0.2) is 29.7 Å². The van der Waals surface area contributed by atoms with Gasteiger partial charge in [-0.25, -0.2) is 0 Å². The highest BCUT2D eigenvalue weighted by Gasteiger charge is 2.61. The number of allylic oxidation sites excluding steroid dienone is 3. The number of carbonyl (C=O) groups is 1. The molecule has 1 heterocycles. The predicted octanol–water partition coefficient (Wildman–Crippen LogP) is 3.42. The first-order chi connectivity index (χ1) is 11.4. The maximum Gasteiger partial charge on any atom is 0.155 e. The fraction of sp³-hybridized carbons (Fsp3) is 0.762. The van der Waals surface area contributed by atoms with Crippen LogP contribution in [0.4, 0.5) is 0 Å². The van der Waals surface area contributed by atoms with Gasteiger partial charge in [0, 0.05) is 6.42 Å². The van der Waals surface area contributed by atoms with E-state index in [1.807, 2.05) is 6.08 Å². The summed E-state index contributed by atoms with van der Waals surface area (Å²) in [7, 11) is 0. The van der Waals surface area contributed by atoms with Crippen molar-refractivity contribution in [2.24, 2.45) is 28.6 Å². The summed E-state index contributed by atoms with van der Waals surface area (Å²) in [6.07, 6.45) is 10.1. The number of hydrogen-bond acceptors (Lipinski definition) is 3. The van der Waals surface area contributed by atoms with E-state index in [9.17, 15) is 9.90 Å². The van der Waals surface area contributed by atoms with Crippen molar-refractivity contribution in [1.29, 1.82) is 0 Å². The van der Waals surface area contributed by atoms with Gasteiger partial charge in [-0.1, -0.05) is 25.5 Å². The lowest BCUT2D eigenvalue weighted by atomic mass is 9.46. The molecule has 130 valence electrons. The van der Waals surface area contributed by atoms with E-state index in [1.165, 1.54) is 11.1 Å². The van der Waals surface area contributed by atoms with Gasteiger partial charge in [0.1, 0.15) is 6.10 Å². The predicted molar refractivity (Wildman–Crippen MR) is 91.3 cm³/mol. The molecule has 0 radical (unpaired) electrons. The average Bonchev–Trinajstić information content (AvgIpc) is 3.30. The van der Waals surface area contributed by atoms with Gasteiger partial charge < -0.3 is 9.84 Å². The van der Waals surface area contributed by atoms with Crippen LogP contribution in [-0.2, 0) is 9.53 Å².